The first kappa shape index (κ1) is 11.4. The summed E-state index contributed by atoms with van der Waals surface area (Å²) in [5.41, 5.74) is 6.29. The van der Waals surface area contributed by atoms with Gasteiger partial charge in [-0.05, 0) is 18.8 Å². The molecule has 2 N–H and O–H groups in total. The van der Waals surface area contributed by atoms with E-state index < -0.39 is 0 Å². The van der Waals surface area contributed by atoms with E-state index in [1.165, 1.54) is 0 Å². The molecule has 1 aromatic rings. The van der Waals surface area contributed by atoms with Crippen LogP contribution in [0.3, 0.4) is 0 Å². The van der Waals surface area contributed by atoms with E-state index in [1.54, 1.807) is 6.26 Å². The minimum absolute atomic E-state index is 0.425. The van der Waals surface area contributed by atoms with E-state index in [1.807, 2.05) is 7.05 Å². The molecule has 1 saturated heterocycles. The number of rotatable bonds is 4. The van der Waals surface area contributed by atoms with Crippen molar-refractivity contribution in [2.75, 3.05) is 31.7 Å². The van der Waals surface area contributed by atoms with Crippen molar-refractivity contribution in [2.24, 2.45) is 11.7 Å². The standard InChI is InChI=1S/C11H19N3O2/c1-14(7-9-2-4-15-5-3-9)11-13-10(6-12)8-16-11/h8-9H,2-7,12H2,1H3. The molecule has 5 heteroatoms. The largest absolute Gasteiger partial charge is 0.432 e. The molecular formula is C11H19N3O2. The zero-order chi connectivity index (χ0) is 11.4. The Bertz CT molecular complexity index is 321. The van der Waals surface area contributed by atoms with Gasteiger partial charge in [-0.25, -0.2) is 0 Å². The summed E-state index contributed by atoms with van der Waals surface area (Å²) in [4.78, 5) is 6.35. The van der Waals surface area contributed by atoms with Crippen LogP contribution < -0.4 is 10.6 Å². The number of hydrogen-bond donors (Lipinski definition) is 1. The van der Waals surface area contributed by atoms with Gasteiger partial charge in [0.25, 0.3) is 6.01 Å². The smallest absolute Gasteiger partial charge is 0.297 e. The minimum atomic E-state index is 0.425. The summed E-state index contributed by atoms with van der Waals surface area (Å²) in [6.45, 7) is 3.14. The first-order valence-electron chi connectivity index (χ1n) is 5.73. The maximum atomic E-state index is 5.49. The normalized spacial score (nSPS) is 17.6. The van der Waals surface area contributed by atoms with Crippen LogP contribution in [0.2, 0.25) is 0 Å². The third kappa shape index (κ3) is 2.74. The highest BCUT2D eigenvalue weighted by Gasteiger charge is 2.18. The van der Waals surface area contributed by atoms with Crippen molar-refractivity contribution in [1.29, 1.82) is 0 Å². The maximum absolute atomic E-state index is 5.49. The van der Waals surface area contributed by atoms with Gasteiger partial charge in [-0.1, -0.05) is 0 Å². The van der Waals surface area contributed by atoms with E-state index in [0.29, 0.717) is 18.5 Å². The Morgan fingerprint density at radius 3 is 2.88 bits per heavy atom. The molecule has 0 saturated carbocycles. The number of oxazole rings is 1. The van der Waals surface area contributed by atoms with E-state index in [-0.39, 0.29) is 0 Å². The number of hydrogen-bond acceptors (Lipinski definition) is 5. The Morgan fingerprint density at radius 2 is 2.25 bits per heavy atom. The van der Waals surface area contributed by atoms with Gasteiger partial charge in [0, 0.05) is 33.4 Å². The first-order valence-corrected chi connectivity index (χ1v) is 5.73. The van der Waals surface area contributed by atoms with Gasteiger partial charge in [0.05, 0.1) is 5.69 Å². The Labute approximate surface area is 95.6 Å². The molecule has 2 heterocycles. The highest BCUT2D eigenvalue weighted by atomic mass is 16.5. The van der Waals surface area contributed by atoms with Gasteiger partial charge < -0.3 is 19.8 Å². The average Bonchev–Trinajstić information content (AvgIpc) is 2.79. The third-order valence-electron chi connectivity index (χ3n) is 2.95. The molecule has 1 aliphatic heterocycles. The molecule has 0 spiro atoms. The quantitative estimate of drug-likeness (QED) is 0.828. The molecule has 0 bridgehead atoms. The second kappa shape index (κ2) is 5.32. The lowest BCUT2D eigenvalue weighted by molar-refractivity contribution is 0.0682. The highest BCUT2D eigenvalue weighted by molar-refractivity contribution is 5.25. The summed E-state index contributed by atoms with van der Waals surface area (Å²) in [7, 11) is 2.00. The van der Waals surface area contributed by atoms with Gasteiger partial charge in [0.1, 0.15) is 6.26 Å². The molecule has 0 unspecified atom stereocenters. The second-order valence-electron chi connectivity index (χ2n) is 4.26. The van der Waals surface area contributed by atoms with Crippen LogP contribution in [0.1, 0.15) is 18.5 Å². The minimum Gasteiger partial charge on any atom is -0.432 e. The van der Waals surface area contributed by atoms with Crippen LogP contribution in [0, 0.1) is 5.92 Å². The fourth-order valence-electron chi connectivity index (χ4n) is 1.96. The van der Waals surface area contributed by atoms with Crippen LogP contribution >= 0.6 is 0 Å². The first-order chi connectivity index (χ1) is 7.79. The van der Waals surface area contributed by atoms with Crippen LogP contribution in [0.4, 0.5) is 6.01 Å². The Hall–Kier alpha value is -1.07. The number of ether oxygens (including phenoxy) is 1. The molecule has 16 heavy (non-hydrogen) atoms. The van der Waals surface area contributed by atoms with Crippen LogP contribution in [0.15, 0.2) is 10.7 Å². The van der Waals surface area contributed by atoms with E-state index >= 15 is 0 Å². The third-order valence-corrected chi connectivity index (χ3v) is 2.95. The fraction of sp³-hybridized carbons (Fsp3) is 0.727. The summed E-state index contributed by atoms with van der Waals surface area (Å²) >= 11 is 0. The van der Waals surface area contributed by atoms with Crippen molar-refractivity contribution < 1.29 is 9.15 Å². The van der Waals surface area contributed by atoms with Gasteiger partial charge in [-0.3, -0.25) is 0 Å². The van der Waals surface area contributed by atoms with Gasteiger partial charge in [0.2, 0.25) is 0 Å². The van der Waals surface area contributed by atoms with Gasteiger partial charge in [0.15, 0.2) is 0 Å². The van der Waals surface area contributed by atoms with E-state index in [2.05, 4.69) is 9.88 Å². The zero-order valence-corrected chi connectivity index (χ0v) is 9.69. The number of anilines is 1. The van der Waals surface area contributed by atoms with Gasteiger partial charge in [-0.15, -0.1) is 0 Å². The van der Waals surface area contributed by atoms with Crippen molar-refractivity contribution in [3.05, 3.63) is 12.0 Å². The second-order valence-corrected chi connectivity index (χ2v) is 4.26. The van der Waals surface area contributed by atoms with Gasteiger partial charge >= 0.3 is 0 Å². The van der Waals surface area contributed by atoms with Crippen molar-refractivity contribution in [3.63, 3.8) is 0 Å². The van der Waals surface area contributed by atoms with Crippen LogP contribution in [0.5, 0.6) is 0 Å². The monoisotopic (exact) mass is 225 g/mol. The Morgan fingerprint density at radius 1 is 1.50 bits per heavy atom. The highest BCUT2D eigenvalue weighted by Crippen LogP contribution is 2.19. The molecule has 5 nitrogen and oxygen atoms in total. The van der Waals surface area contributed by atoms with E-state index in [0.717, 1.165) is 38.3 Å². The molecule has 0 amide bonds. The lowest BCUT2D eigenvalue weighted by Crippen LogP contribution is -2.29. The Kier molecular flexibility index (Phi) is 3.79. The molecular weight excluding hydrogens is 206 g/mol. The molecule has 0 radical (unpaired) electrons. The van der Waals surface area contributed by atoms with Crippen molar-refractivity contribution in [3.8, 4) is 0 Å². The zero-order valence-electron chi connectivity index (χ0n) is 9.69. The topological polar surface area (TPSA) is 64.5 Å². The number of nitrogens with zero attached hydrogens (tertiary/aromatic N) is 2. The van der Waals surface area contributed by atoms with Crippen molar-refractivity contribution >= 4 is 6.01 Å². The van der Waals surface area contributed by atoms with Crippen LogP contribution in [-0.2, 0) is 11.3 Å². The summed E-state index contributed by atoms with van der Waals surface area (Å²) in [6.07, 6.45) is 3.86. The fourth-order valence-corrected chi connectivity index (χ4v) is 1.96. The summed E-state index contributed by atoms with van der Waals surface area (Å²) in [5, 5.41) is 0. The summed E-state index contributed by atoms with van der Waals surface area (Å²) < 4.78 is 10.7. The van der Waals surface area contributed by atoms with E-state index in [9.17, 15) is 0 Å². The predicted molar refractivity (Wildman–Crippen MR) is 61.2 cm³/mol. The van der Waals surface area contributed by atoms with Crippen molar-refractivity contribution in [2.45, 2.75) is 19.4 Å². The van der Waals surface area contributed by atoms with E-state index in [4.69, 9.17) is 14.9 Å². The molecule has 0 aliphatic carbocycles. The number of nitrogens with two attached hydrogens (primary N) is 1. The van der Waals surface area contributed by atoms with Crippen LogP contribution in [-0.4, -0.2) is 31.8 Å². The molecule has 1 aliphatic rings. The summed E-state index contributed by atoms with van der Waals surface area (Å²) in [5.74, 6) is 0.673. The number of aromatic nitrogens is 1. The van der Waals surface area contributed by atoms with Crippen LogP contribution in [0.25, 0.3) is 0 Å². The molecule has 2 rings (SSSR count). The van der Waals surface area contributed by atoms with Gasteiger partial charge in [-0.2, -0.15) is 4.98 Å². The lowest BCUT2D eigenvalue weighted by Gasteiger charge is -2.26. The average molecular weight is 225 g/mol. The van der Waals surface area contributed by atoms with Crippen molar-refractivity contribution in [1.82, 2.24) is 4.98 Å². The lowest BCUT2D eigenvalue weighted by atomic mass is 10.0. The molecule has 0 atom stereocenters. The molecule has 0 aromatic carbocycles. The molecule has 1 aromatic heterocycles. The Balaban J connectivity index is 1.88. The summed E-state index contributed by atoms with van der Waals surface area (Å²) in [6, 6.07) is 0.659. The molecule has 90 valence electrons. The SMILES string of the molecule is CN(CC1CCOCC1)c1nc(CN)co1. The maximum Gasteiger partial charge on any atom is 0.297 e. The predicted octanol–water partition coefficient (Wildman–Crippen LogP) is 0.996. The molecule has 1 fully saturated rings.